The first-order chi connectivity index (χ1) is 8.34. The molecule has 0 spiro atoms. The molecule has 0 aliphatic heterocycles. The Morgan fingerprint density at radius 1 is 1.24 bits per heavy atom. The fourth-order valence-electron chi connectivity index (χ4n) is 1.91. The second-order valence-corrected chi connectivity index (χ2v) is 3.91. The standard InChI is InChI=1S/C13H12N4/c1-17-9-12(10-4-6-15-7-10)13(16-17)11-3-2-5-14-8-11/h2-9,15H,1H3. The largest absolute Gasteiger partial charge is 0.367 e. The van der Waals surface area contributed by atoms with E-state index < -0.39 is 0 Å². The molecule has 0 saturated heterocycles. The zero-order valence-corrected chi connectivity index (χ0v) is 9.46. The van der Waals surface area contributed by atoms with Crippen LogP contribution in [-0.4, -0.2) is 19.7 Å². The van der Waals surface area contributed by atoms with Gasteiger partial charge >= 0.3 is 0 Å². The van der Waals surface area contributed by atoms with Crippen molar-refractivity contribution in [2.45, 2.75) is 0 Å². The maximum absolute atomic E-state index is 4.50. The lowest BCUT2D eigenvalue weighted by Crippen LogP contribution is -1.88. The maximum atomic E-state index is 4.50. The summed E-state index contributed by atoms with van der Waals surface area (Å²) in [5, 5.41) is 4.50. The molecular formula is C13H12N4. The highest BCUT2D eigenvalue weighted by atomic mass is 15.3. The molecule has 0 aliphatic rings. The van der Waals surface area contributed by atoms with E-state index in [0.29, 0.717) is 0 Å². The molecule has 0 bridgehead atoms. The van der Waals surface area contributed by atoms with Crippen molar-refractivity contribution in [1.29, 1.82) is 0 Å². The Morgan fingerprint density at radius 2 is 2.18 bits per heavy atom. The molecular weight excluding hydrogens is 212 g/mol. The van der Waals surface area contributed by atoms with Gasteiger partial charge in [0.1, 0.15) is 5.69 Å². The molecule has 3 aromatic rings. The number of nitrogens with zero attached hydrogens (tertiary/aromatic N) is 3. The van der Waals surface area contributed by atoms with Gasteiger partial charge in [0.05, 0.1) is 0 Å². The van der Waals surface area contributed by atoms with Crippen LogP contribution in [-0.2, 0) is 7.05 Å². The van der Waals surface area contributed by atoms with E-state index in [1.807, 2.05) is 54.7 Å². The fraction of sp³-hybridized carbons (Fsp3) is 0.0769. The van der Waals surface area contributed by atoms with Crippen LogP contribution in [0.25, 0.3) is 22.4 Å². The van der Waals surface area contributed by atoms with Gasteiger partial charge < -0.3 is 4.98 Å². The summed E-state index contributed by atoms with van der Waals surface area (Å²) in [6, 6.07) is 5.98. The van der Waals surface area contributed by atoms with Crippen LogP contribution in [0, 0.1) is 0 Å². The molecule has 84 valence electrons. The lowest BCUT2D eigenvalue weighted by atomic mass is 10.1. The van der Waals surface area contributed by atoms with Gasteiger partial charge in [0.2, 0.25) is 0 Å². The third kappa shape index (κ3) is 1.73. The first-order valence-corrected chi connectivity index (χ1v) is 5.42. The van der Waals surface area contributed by atoms with E-state index in [9.17, 15) is 0 Å². The Balaban J connectivity index is 2.18. The Hall–Kier alpha value is -2.36. The number of aromatic amines is 1. The number of pyridine rings is 1. The van der Waals surface area contributed by atoms with Crippen LogP contribution in [0.2, 0.25) is 0 Å². The van der Waals surface area contributed by atoms with E-state index >= 15 is 0 Å². The highest BCUT2D eigenvalue weighted by Gasteiger charge is 2.11. The molecule has 3 heterocycles. The number of nitrogens with one attached hydrogen (secondary N) is 1. The zero-order valence-electron chi connectivity index (χ0n) is 9.46. The molecule has 0 saturated carbocycles. The molecule has 1 N–H and O–H groups in total. The Kier molecular flexibility index (Phi) is 2.26. The minimum atomic E-state index is 0.959. The van der Waals surface area contributed by atoms with Gasteiger partial charge in [-0.05, 0) is 18.2 Å². The van der Waals surface area contributed by atoms with E-state index in [4.69, 9.17) is 0 Å². The third-order valence-corrected chi connectivity index (χ3v) is 2.67. The molecule has 0 fully saturated rings. The van der Waals surface area contributed by atoms with Crippen LogP contribution in [0.5, 0.6) is 0 Å². The van der Waals surface area contributed by atoms with E-state index in [1.54, 1.807) is 6.20 Å². The Morgan fingerprint density at radius 3 is 2.88 bits per heavy atom. The van der Waals surface area contributed by atoms with Crippen LogP contribution < -0.4 is 0 Å². The van der Waals surface area contributed by atoms with Crippen molar-refractivity contribution in [3.05, 3.63) is 49.2 Å². The van der Waals surface area contributed by atoms with E-state index in [2.05, 4.69) is 15.1 Å². The molecule has 3 rings (SSSR count). The van der Waals surface area contributed by atoms with E-state index in [0.717, 1.165) is 22.4 Å². The summed E-state index contributed by atoms with van der Waals surface area (Å²) >= 11 is 0. The zero-order chi connectivity index (χ0) is 11.7. The second-order valence-electron chi connectivity index (χ2n) is 3.91. The van der Waals surface area contributed by atoms with Crippen molar-refractivity contribution in [3.8, 4) is 22.4 Å². The number of aromatic nitrogens is 4. The average molecular weight is 224 g/mol. The summed E-state index contributed by atoms with van der Waals surface area (Å²) in [6.45, 7) is 0. The summed E-state index contributed by atoms with van der Waals surface area (Å²) < 4.78 is 1.82. The minimum absolute atomic E-state index is 0.959. The number of hydrogen-bond acceptors (Lipinski definition) is 2. The molecule has 0 aliphatic carbocycles. The number of aryl methyl sites for hydroxylation is 1. The SMILES string of the molecule is Cn1cc(-c2cc[nH]c2)c(-c2cccnc2)n1. The smallest absolute Gasteiger partial charge is 0.102 e. The molecule has 17 heavy (non-hydrogen) atoms. The second kappa shape index (κ2) is 3.90. The quantitative estimate of drug-likeness (QED) is 0.726. The maximum Gasteiger partial charge on any atom is 0.102 e. The minimum Gasteiger partial charge on any atom is -0.367 e. The lowest BCUT2D eigenvalue weighted by Gasteiger charge is -1.99. The van der Waals surface area contributed by atoms with Gasteiger partial charge in [0, 0.05) is 54.7 Å². The number of hydrogen-bond donors (Lipinski definition) is 1. The first-order valence-electron chi connectivity index (χ1n) is 5.42. The predicted molar refractivity (Wildman–Crippen MR) is 66.2 cm³/mol. The summed E-state index contributed by atoms with van der Waals surface area (Å²) in [4.78, 5) is 7.20. The van der Waals surface area contributed by atoms with Crippen molar-refractivity contribution >= 4 is 0 Å². The number of H-pyrrole nitrogens is 1. The Bertz CT molecular complexity index is 608. The lowest BCUT2D eigenvalue weighted by molar-refractivity contribution is 0.771. The van der Waals surface area contributed by atoms with Gasteiger partial charge in [-0.1, -0.05) is 0 Å². The molecule has 4 heteroatoms. The molecule has 0 amide bonds. The van der Waals surface area contributed by atoms with Crippen molar-refractivity contribution in [1.82, 2.24) is 19.7 Å². The van der Waals surface area contributed by atoms with Crippen LogP contribution in [0.15, 0.2) is 49.2 Å². The number of rotatable bonds is 2. The highest BCUT2D eigenvalue weighted by molar-refractivity contribution is 5.79. The van der Waals surface area contributed by atoms with E-state index in [1.165, 1.54) is 0 Å². The molecule has 0 atom stereocenters. The van der Waals surface area contributed by atoms with E-state index in [-0.39, 0.29) is 0 Å². The highest BCUT2D eigenvalue weighted by Crippen LogP contribution is 2.29. The molecule has 4 nitrogen and oxygen atoms in total. The molecule has 3 aromatic heterocycles. The van der Waals surface area contributed by atoms with Gasteiger partial charge in [-0.2, -0.15) is 5.10 Å². The monoisotopic (exact) mass is 224 g/mol. The van der Waals surface area contributed by atoms with Gasteiger partial charge in [0.25, 0.3) is 0 Å². The van der Waals surface area contributed by atoms with Gasteiger partial charge in [0.15, 0.2) is 0 Å². The van der Waals surface area contributed by atoms with Crippen molar-refractivity contribution in [2.24, 2.45) is 7.05 Å². The molecule has 0 unspecified atom stereocenters. The predicted octanol–water partition coefficient (Wildman–Crippen LogP) is 2.48. The van der Waals surface area contributed by atoms with Gasteiger partial charge in [-0.15, -0.1) is 0 Å². The van der Waals surface area contributed by atoms with Crippen LogP contribution in [0.4, 0.5) is 0 Å². The van der Waals surface area contributed by atoms with Crippen molar-refractivity contribution in [3.63, 3.8) is 0 Å². The summed E-state index contributed by atoms with van der Waals surface area (Å²) in [7, 11) is 1.93. The average Bonchev–Trinajstić information content (AvgIpc) is 2.98. The van der Waals surface area contributed by atoms with Crippen molar-refractivity contribution in [2.75, 3.05) is 0 Å². The molecule has 0 aromatic carbocycles. The third-order valence-electron chi connectivity index (χ3n) is 2.67. The van der Waals surface area contributed by atoms with Gasteiger partial charge in [-0.3, -0.25) is 9.67 Å². The summed E-state index contributed by atoms with van der Waals surface area (Å²) in [5.41, 5.74) is 4.24. The van der Waals surface area contributed by atoms with Crippen LogP contribution in [0.1, 0.15) is 0 Å². The normalized spacial score (nSPS) is 10.6. The topological polar surface area (TPSA) is 46.5 Å². The van der Waals surface area contributed by atoms with Crippen LogP contribution in [0.3, 0.4) is 0 Å². The summed E-state index contributed by atoms with van der Waals surface area (Å²) in [6.07, 6.45) is 9.50. The van der Waals surface area contributed by atoms with Crippen molar-refractivity contribution < 1.29 is 0 Å². The summed E-state index contributed by atoms with van der Waals surface area (Å²) in [5.74, 6) is 0. The first kappa shape index (κ1) is 9.84. The fourth-order valence-corrected chi connectivity index (χ4v) is 1.91. The molecule has 0 radical (unpaired) electrons. The van der Waals surface area contributed by atoms with Crippen LogP contribution >= 0.6 is 0 Å². The van der Waals surface area contributed by atoms with Gasteiger partial charge in [-0.25, -0.2) is 0 Å². The Labute approximate surface area is 98.9 Å².